The fourth-order valence-corrected chi connectivity index (χ4v) is 4.69. The van der Waals surface area contributed by atoms with Crippen molar-refractivity contribution in [2.75, 3.05) is 24.1 Å². The zero-order valence-corrected chi connectivity index (χ0v) is 22.4. The van der Waals surface area contributed by atoms with E-state index >= 15 is 0 Å². The highest BCUT2D eigenvalue weighted by atomic mass is 19.4. The third-order valence-electron chi connectivity index (χ3n) is 6.64. The molecule has 0 unspecified atom stereocenters. The summed E-state index contributed by atoms with van der Waals surface area (Å²) in [6.07, 6.45) is -1.95. The molecule has 1 amide bonds. The van der Waals surface area contributed by atoms with Gasteiger partial charge in [0.2, 0.25) is 0 Å². The van der Waals surface area contributed by atoms with E-state index in [9.17, 15) is 18.0 Å². The van der Waals surface area contributed by atoms with Crippen LogP contribution in [0.2, 0.25) is 0 Å². The lowest BCUT2D eigenvalue weighted by atomic mass is 10.1. The minimum Gasteiger partial charge on any atom is -0.444 e. The number of piperidine rings is 1. The maximum absolute atomic E-state index is 12.8. The number of amides is 1. The quantitative estimate of drug-likeness (QED) is 0.300. The summed E-state index contributed by atoms with van der Waals surface area (Å²) in [6, 6.07) is 12.2. The highest BCUT2D eigenvalue weighted by Gasteiger charge is 2.31. The summed E-state index contributed by atoms with van der Waals surface area (Å²) in [5, 5.41) is 8.64. The van der Waals surface area contributed by atoms with Gasteiger partial charge in [-0.3, -0.25) is 0 Å². The summed E-state index contributed by atoms with van der Waals surface area (Å²) in [5.41, 5.74) is 8.27. The number of nitrogens with two attached hydrogens (primary N) is 1. The van der Waals surface area contributed by atoms with Gasteiger partial charge in [0.05, 0.1) is 17.0 Å². The third-order valence-corrected chi connectivity index (χ3v) is 6.64. The first-order valence-corrected chi connectivity index (χ1v) is 12.9. The van der Waals surface area contributed by atoms with Crippen LogP contribution in [-0.4, -0.2) is 49.4 Å². The van der Waals surface area contributed by atoms with Crippen LogP contribution >= 0.6 is 0 Å². The predicted octanol–water partition coefficient (Wildman–Crippen LogP) is 6.41. The Balaban J connectivity index is 1.36. The van der Waals surface area contributed by atoms with Crippen molar-refractivity contribution in [3.05, 3.63) is 60.4 Å². The molecule has 0 bridgehead atoms. The van der Waals surface area contributed by atoms with Gasteiger partial charge < -0.3 is 20.7 Å². The van der Waals surface area contributed by atoms with Crippen molar-refractivity contribution in [3.63, 3.8) is 0 Å². The highest BCUT2D eigenvalue weighted by Crippen LogP contribution is 2.35. The Morgan fingerprint density at radius 2 is 1.57 bits per heavy atom. The topological polar surface area (TPSA) is 111 Å². The highest BCUT2D eigenvalue weighted by molar-refractivity contribution is 5.98. The van der Waals surface area contributed by atoms with Crippen molar-refractivity contribution < 1.29 is 22.7 Å². The van der Waals surface area contributed by atoms with Crippen molar-refractivity contribution >= 4 is 34.3 Å². The second-order valence-electron chi connectivity index (χ2n) is 10.7. The summed E-state index contributed by atoms with van der Waals surface area (Å²) in [5.74, 6) is 0.310. The number of halogens is 3. The Hall–Kier alpha value is -4.35. The average Bonchev–Trinajstić information content (AvgIpc) is 3.29. The maximum Gasteiger partial charge on any atom is 0.416 e. The molecule has 0 aliphatic carbocycles. The van der Waals surface area contributed by atoms with Crippen molar-refractivity contribution in [1.82, 2.24) is 24.6 Å². The molecule has 1 saturated heterocycles. The van der Waals surface area contributed by atoms with Gasteiger partial charge >= 0.3 is 12.3 Å². The first kappa shape index (κ1) is 27.2. The predicted molar refractivity (Wildman–Crippen MR) is 146 cm³/mol. The summed E-state index contributed by atoms with van der Waals surface area (Å²) in [7, 11) is 0. The van der Waals surface area contributed by atoms with Crippen molar-refractivity contribution in [1.29, 1.82) is 0 Å². The van der Waals surface area contributed by atoms with E-state index in [1.54, 1.807) is 4.90 Å². The number of hydrogen-bond acceptors (Lipinski definition) is 7. The first-order chi connectivity index (χ1) is 18.9. The molecule has 3 N–H and O–H groups in total. The molecule has 0 radical (unpaired) electrons. The van der Waals surface area contributed by atoms with E-state index < -0.39 is 17.3 Å². The Morgan fingerprint density at radius 1 is 0.975 bits per heavy atom. The van der Waals surface area contributed by atoms with Crippen LogP contribution in [0, 0.1) is 0 Å². The lowest BCUT2D eigenvalue weighted by Gasteiger charge is -2.33. The lowest BCUT2D eigenvalue weighted by molar-refractivity contribution is -0.137. The van der Waals surface area contributed by atoms with Gasteiger partial charge in [-0.05, 0) is 70.0 Å². The lowest BCUT2D eigenvalue weighted by Crippen LogP contribution is -2.42. The van der Waals surface area contributed by atoms with Crippen LogP contribution in [-0.2, 0) is 10.9 Å². The Labute approximate surface area is 229 Å². The first-order valence-electron chi connectivity index (χ1n) is 12.9. The van der Waals surface area contributed by atoms with E-state index in [1.165, 1.54) is 18.5 Å². The number of carbonyl (C=O) groups is 1. The van der Waals surface area contributed by atoms with E-state index in [0.29, 0.717) is 59.9 Å². The van der Waals surface area contributed by atoms with Gasteiger partial charge in [-0.25, -0.2) is 19.4 Å². The minimum absolute atomic E-state index is 0.00449. The van der Waals surface area contributed by atoms with Crippen molar-refractivity contribution in [2.24, 2.45) is 0 Å². The number of alkyl halides is 3. The van der Waals surface area contributed by atoms with Gasteiger partial charge in [0.15, 0.2) is 5.65 Å². The fraction of sp³-hybridized carbons (Fsp3) is 0.357. The molecule has 9 nitrogen and oxygen atoms in total. The van der Waals surface area contributed by atoms with Gasteiger partial charge in [-0.15, -0.1) is 0 Å². The van der Waals surface area contributed by atoms with Crippen LogP contribution in [0.5, 0.6) is 0 Å². The monoisotopic (exact) mass is 553 g/mol. The number of nitrogen functional groups attached to an aromatic ring is 1. The van der Waals surface area contributed by atoms with Crippen LogP contribution in [0.15, 0.2) is 54.9 Å². The maximum atomic E-state index is 12.8. The number of benzene rings is 2. The smallest absolute Gasteiger partial charge is 0.416 e. The summed E-state index contributed by atoms with van der Waals surface area (Å²) in [4.78, 5) is 22.8. The summed E-state index contributed by atoms with van der Waals surface area (Å²) in [6.45, 7) is 6.59. The van der Waals surface area contributed by atoms with Crippen LogP contribution in [0.25, 0.3) is 22.3 Å². The SMILES string of the molecule is CC(C)(C)OC(=O)N1CCC(n2nc(-c3ccc(Nc4ccc(C(F)(F)F)cc4)cc3)c3c(N)ncnc32)CC1. The number of nitrogens with zero attached hydrogens (tertiary/aromatic N) is 5. The molecule has 0 atom stereocenters. The van der Waals surface area contributed by atoms with Crippen molar-refractivity contribution in [3.8, 4) is 11.3 Å². The molecule has 1 aliphatic heterocycles. The van der Waals surface area contributed by atoms with Gasteiger partial charge in [0.1, 0.15) is 23.4 Å². The zero-order valence-electron chi connectivity index (χ0n) is 22.4. The van der Waals surface area contributed by atoms with E-state index in [4.69, 9.17) is 15.6 Å². The molecular formula is C28H30F3N7O2. The molecule has 4 aromatic rings. The molecule has 40 heavy (non-hydrogen) atoms. The molecule has 210 valence electrons. The van der Waals surface area contributed by atoms with Crippen LogP contribution in [0.4, 0.5) is 35.2 Å². The number of anilines is 3. The molecule has 5 rings (SSSR count). The second kappa shape index (κ2) is 10.3. The number of hydrogen-bond donors (Lipinski definition) is 2. The zero-order chi connectivity index (χ0) is 28.7. The van der Waals surface area contributed by atoms with E-state index in [1.807, 2.05) is 49.7 Å². The van der Waals surface area contributed by atoms with Crippen LogP contribution in [0.3, 0.4) is 0 Å². The Morgan fingerprint density at radius 3 is 2.15 bits per heavy atom. The molecular weight excluding hydrogens is 523 g/mol. The fourth-order valence-electron chi connectivity index (χ4n) is 4.69. The van der Waals surface area contributed by atoms with E-state index in [-0.39, 0.29) is 12.1 Å². The molecule has 1 aliphatic rings. The molecule has 0 saturated carbocycles. The normalized spacial score (nSPS) is 14.9. The number of fused-ring (bicyclic) bond motifs is 1. The summed E-state index contributed by atoms with van der Waals surface area (Å²) >= 11 is 0. The minimum atomic E-state index is -4.38. The number of rotatable bonds is 4. The van der Waals surface area contributed by atoms with Gasteiger partial charge in [0, 0.05) is 30.0 Å². The number of nitrogens with one attached hydrogen (secondary N) is 1. The molecule has 3 heterocycles. The standard InChI is InChI=1S/C28H30F3N7O2/c1-27(2,3)40-26(39)37-14-12-21(13-15-37)38-25-22(24(32)33-16-34-25)23(36-38)17-4-8-19(9-5-17)35-20-10-6-18(7-11-20)28(29,30)31/h4-11,16,21,35H,12-15H2,1-3H3,(H2,32,33,34). The Kier molecular flexibility index (Phi) is 7.03. The number of likely N-dealkylation sites (tertiary alicyclic amines) is 1. The van der Waals surface area contributed by atoms with Crippen LogP contribution in [0.1, 0.15) is 45.2 Å². The molecule has 12 heteroatoms. The largest absolute Gasteiger partial charge is 0.444 e. The van der Waals surface area contributed by atoms with Gasteiger partial charge in [-0.2, -0.15) is 18.3 Å². The van der Waals surface area contributed by atoms with Crippen molar-refractivity contribution in [2.45, 2.75) is 51.4 Å². The molecule has 1 fully saturated rings. The Bertz CT molecular complexity index is 1500. The molecule has 2 aromatic carbocycles. The summed E-state index contributed by atoms with van der Waals surface area (Å²) < 4.78 is 45.9. The average molecular weight is 554 g/mol. The van der Waals surface area contributed by atoms with Crippen LogP contribution < -0.4 is 11.1 Å². The van der Waals surface area contributed by atoms with E-state index in [0.717, 1.165) is 17.7 Å². The number of ether oxygens (including phenoxy) is 1. The molecule has 2 aromatic heterocycles. The molecule has 0 spiro atoms. The van der Waals surface area contributed by atoms with Gasteiger partial charge in [-0.1, -0.05) is 12.1 Å². The van der Waals surface area contributed by atoms with E-state index in [2.05, 4.69) is 15.3 Å². The second-order valence-corrected chi connectivity index (χ2v) is 10.7. The van der Waals surface area contributed by atoms with Gasteiger partial charge in [0.25, 0.3) is 0 Å². The third kappa shape index (κ3) is 5.80. The number of carbonyl (C=O) groups excluding carboxylic acids is 1. The number of aromatic nitrogens is 4.